The molecule has 0 aromatic carbocycles. The number of hydrogen-bond acceptors (Lipinski definition) is 1. The van der Waals surface area contributed by atoms with Crippen molar-refractivity contribution in [3.63, 3.8) is 0 Å². The highest BCUT2D eigenvalue weighted by molar-refractivity contribution is 5.92. The minimum atomic E-state index is 0.133. The van der Waals surface area contributed by atoms with E-state index in [0.29, 0.717) is 6.42 Å². The highest BCUT2D eigenvalue weighted by atomic mass is 16.1. The van der Waals surface area contributed by atoms with Crippen LogP contribution in [0.2, 0.25) is 0 Å². The molecule has 0 bridgehead atoms. The summed E-state index contributed by atoms with van der Waals surface area (Å²) < 4.78 is 0. The Bertz CT molecular complexity index is 365. The molecule has 1 atom stereocenters. The number of ketones is 1. The van der Waals surface area contributed by atoms with Gasteiger partial charge in [-0.05, 0) is 35.3 Å². The van der Waals surface area contributed by atoms with Crippen molar-refractivity contribution in [1.82, 2.24) is 0 Å². The average molecular weight is 204 g/mol. The number of rotatable bonds is 0. The number of allylic oxidation sites excluding steroid dienone is 4. The van der Waals surface area contributed by atoms with Crippen molar-refractivity contribution in [1.29, 1.82) is 0 Å². The summed E-state index contributed by atoms with van der Waals surface area (Å²) in [6, 6.07) is 0. The summed E-state index contributed by atoms with van der Waals surface area (Å²) in [6.45, 7) is 9.05. The molecule has 0 saturated carbocycles. The lowest BCUT2D eigenvalue weighted by Gasteiger charge is -2.30. The summed E-state index contributed by atoms with van der Waals surface area (Å²) in [5, 5.41) is 0. The second-order valence-corrected chi connectivity index (χ2v) is 6.18. The first-order valence-corrected chi connectivity index (χ1v) is 5.78. The van der Waals surface area contributed by atoms with Crippen molar-refractivity contribution in [2.45, 2.75) is 47.0 Å². The van der Waals surface area contributed by atoms with E-state index in [1.165, 1.54) is 5.57 Å². The third kappa shape index (κ3) is 1.68. The van der Waals surface area contributed by atoms with Crippen LogP contribution in [-0.2, 0) is 4.79 Å². The number of carbonyl (C=O) groups excluding carboxylic acids is 1. The van der Waals surface area contributed by atoms with Crippen LogP contribution in [0, 0.1) is 10.8 Å². The van der Waals surface area contributed by atoms with E-state index in [1.54, 1.807) is 11.6 Å². The first-order chi connectivity index (χ1) is 6.83. The molecule has 1 heteroatoms. The molecule has 0 unspecified atom stereocenters. The highest BCUT2D eigenvalue weighted by Crippen LogP contribution is 2.52. The van der Waals surface area contributed by atoms with Crippen molar-refractivity contribution in [3.8, 4) is 0 Å². The molecule has 0 amide bonds. The van der Waals surface area contributed by atoms with Gasteiger partial charge in [0.05, 0.1) is 0 Å². The molecule has 0 aromatic heterocycles. The number of hydrogen-bond donors (Lipinski definition) is 0. The van der Waals surface area contributed by atoms with Gasteiger partial charge >= 0.3 is 0 Å². The first kappa shape index (κ1) is 10.7. The summed E-state index contributed by atoms with van der Waals surface area (Å²) in [5.41, 5.74) is 3.37. The molecule has 1 nitrogen and oxygen atoms in total. The van der Waals surface area contributed by atoms with Crippen LogP contribution < -0.4 is 0 Å². The quantitative estimate of drug-likeness (QED) is 0.588. The summed E-state index contributed by atoms with van der Waals surface area (Å²) in [4.78, 5) is 11.5. The van der Waals surface area contributed by atoms with E-state index in [-0.39, 0.29) is 16.6 Å². The molecule has 0 heterocycles. The zero-order valence-corrected chi connectivity index (χ0v) is 10.2. The van der Waals surface area contributed by atoms with Gasteiger partial charge in [-0.25, -0.2) is 0 Å². The van der Waals surface area contributed by atoms with Gasteiger partial charge in [-0.1, -0.05) is 39.3 Å². The van der Waals surface area contributed by atoms with Crippen molar-refractivity contribution in [2.24, 2.45) is 10.8 Å². The second-order valence-electron chi connectivity index (χ2n) is 6.18. The lowest BCUT2D eigenvalue weighted by molar-refractivity contribution is -0.116. The van der Waals surface area contributed by atoms with Gasteiger partial charge in [-0.2, -0.15) is 0 Å². The van der Waals surface area contributed by atoms with E-state index in [4.69, 9.17) is 0 Å². The molecule has 0 aliphatic heterocycles. The van der Waals surface area contributed by atoms with Crippen LogP contribution >= 0.6 is 0 Å². The van der Waals surface area contributed by atoms with Crippen molar-refractivity contribution >= 4 is 5.78 Å². The van der Waals surface area contributed by atoms with Gasteiger partial charge in [-0.3, -0.25) is 4.79 Å². The molecule has 0 radical (unpaired) electrons. The van der Waals surface area contributed by atoms with Crippen LogP contribution in [0.5, 0.6) is 0 Å². The maximum Gasteiger partial charge on any atom is 0.156 e. The van der Waals surface area contributed by atoms with Crippen molar-refractivity contribution in [3.05, 3.63) is 23.3 Å². The van der Waals surface area contributed by atoms with Crippen LogP contribution in [-0.4, -0.2) is 5.78 Å². The van der Waals surface area contributed by atoms with E-state index in [1.807, 2.05) is 0 Å². The molecule has 2 rings (SSSR count). The largest absolute Gasteiger partial charge is 0.295 e. The summed E-state index contributed by atoms with van der Waals surface area (Å²) in [6.07, 6.45) is 6.84. The fraction of sp³-hybridized carbons (Fsp3) is 0.643. The SMILES string of the molecule is CC(C)(C)C1=C2C=CC(=O)C[C@@]2(C)CC1. The minimum absolute atomic E-state index is 0.133. The standard InChI is InChI=1S/C14H20O/c1-13(2,3)11-7-8-14(4)9-10(15)5-6-12(11)14/h5-6H,7-9H2,1-4H3/t14-/m1/s1. The molecule has 2 aliphatic carbocycles. The summed E-state index contributed by atoms with van der Waals surface area (Å²) in [7, 11) is 0. The molecule has 0 fully saturated rings. The second kappa shape index (κ2) is 3.07. The Morgan fingerprint density at radius 1 is 1.27 bits per heavy atom. The fourth-order valence-corrected chi connectivity index (χ4v) is 2.92. The molecule has 82 valence electrons. The Kier molecular flexibility index (Phi) is 2.18. The van der Waals surface area contributed by atoms with Crippen LogP contribution in [0.25, 0.3) is 0 Å². The van der Waals surface area contributed by atoms with Crippen molar-refractivity contribution in [2.75, 3.05) is 0 Å². The fourth-order valence-electron chi connectivity index (χ4n) is 2.92. The lowest BCUT2D eigenvalue weighted by Crippen LogP contribution is -2.23. The van der Waals surface area contributed by atoms with Crippen LogP contribution in [0.3, 0.4) is 0 Å². The topological polar surface area (TPSA) is 17.1 Å². The highest BCUT2D eigenvalue weighted by Gasteiger charge is 2.41. The number of fused-ring (bicyclic) bond motifs is 1. The Balaban J connectivity index is 2.50. The lowest BCUT2D eigenvalue weighted by atomic mass is 9.74. The van der Waals surface area contributed by atoms with Gasteiger partial charge < -0.3 is 0 Å². The summed E-state index contributed by atoms with van der Waals surface area (Å²) >= 11 is 0. The normalized spacial score (nSPS) is 31.1. The maximum atomic E-state index is 11.5. The van der Waals surface area contributed by atoms with Gasteiger partial charge in [0.1, 0.15) is 0 Å². The van der Waals surface area contributed by atoms with Gasteiger partial charge in [-0.15, -0.1) is 0 Å². The molecule has 0 spiro atoms. The molecule has 2 aliphatic rings. The van der Waals surface area contributed by atoms with Gasteiger partial charge in [0.2, 0.25) is 0 Å². The molecule has 0 saturated heterocycles. The molecular formula is C14H20O. The van der Waals surface area contributed by atoms with Crippen LogP contribution in [0.1, 0.15) is 47.0 Å². The molecular weight excluding hydrogens is 184 g/mol. The van der Waals surface area contributed by atoms with Gasteiger partial charge in [0, 0.05) is 6.42 Å². The monoisotopic (exact) mass is 204 g/mol. The average Bonchev–Trinajstić information content (AvgIpc) is 2.39. The zero-order valence-electron chi connectivity index (χ0n) is 10.2. The molecule has 15 heavy (non-hydrogen) atoms. The molecule has 0 aromatic rings. The van der Waals surface area contributed by atoms with Gasteiger partial charge in [0.15, 0.2) is 5.78 Å². The Labute approximate surface area is 92.3 Å². The van der Waals surface area contributed by atoms with E-state index >= 15 is 0 Å². The predicted octanol–water partition coefficient (Wildman–Crippen LogP) is 3.66. The smallest absolute Gasteiger partial charge is 0.156 e. The minimum Gasteiger partial charge on any atom is -0.295 e. The Morgan fingerprint density at radius 3 is 2.53 bits per heavy atom. The predicted molar refractivity (Wildman–Crippen MR) is 62.6 cm³/mol. The van der Waals surface area contributed by atoms with Crippen LogP contribution in [0.4, 0.5) is 0 Å². The van der Waals surface area contributed by atoms with Crippen molar-refractivity contribution < 1.29 is 4.79 Å². The zero-order chi connectivity index (χ0) is 11.3. The maximum absolute atomic E-state index is 11.5. The number of carbonyl (C=O) groups is 1. The Hall–Kier alpha value is -0.850. The van der Waals surface area contributed by atoms with E-state index < -0.39 is 0 Å². The third-order valence-corrected chi connectivity index (χ3v) is 3.81. The third-order valence-electron chi connectivity index (χ3n) is 3.81. The summed E-state index contributed by atoms with van der Waals surface area (Å²) in [5.74, 6) is 0.288. The molecule has 0 N–H and O–H groups in total. The Morgan fingerprint density at radius 2 is 1.93 bits per heavy atom. The first-order valence-electron chi connectivity index (χ1n) is 5.78. The van der Waals surface area contributed by atoms with E-state index in [0.717, 1.165) is 12.8 Å². The van der Waals surface area contributed by atoms with E-state index in [2.05, 4.69) is 33.8 Å². The van der Waals surface area contributed by atoms with Gasteiger partial charge in [0.25, 0.3) is 0 Å². The van der Waals surface area contributed by atoms with E-state index in [9.17, 15) is 4.79 Å². The van der Waals surface area contributed by atoms with Crippen LogP contribution in [0.15, 0.2) is 23.3 Å².